The lowest BCUT2D eigenvalue weighted by atomic mass is 10.0. The Morgan fingerprint density at radius 1 is 1.58 bits per heavy atom. The molecule has 6 heteroatoms. The van der Waals surface area contributed by atoms with Crippen molar-refractivity contribution in [3.63, 3.8) is 0 Å². The van der Waals surface area contributed by atoms with Gasteiger partial charge in [0.25, 0.3) is 0 Å². The van der Waals surface area contributed by atoms with Gasteiger partial charge in [-0.25, -0.2) is 0 Å². The zero-order valence-electron chi connectivity index (χ0n) is 6.80. The van der Waals surface area contributed by atoms with Gasteiger partial charge in [-0.3, -0.25) is 0 Å². The average molecular weight is 178 g/mol. The van der Waals surface area contributed by atoms with Crippen molar-refractivity contribution in [2.24, 2.45) is 5.92 Å². The molecule has 1 rings (SSSR count). The highest BCUT2D eigenvalue weighted by molar-refractivity contribution is 4.60. The summed E-state index contributed by atoms with van der Waals surface area (Å²) < 4.78 is 4.95. The van der Waals surface area contributed by atoms with Crippen LogP contribution in [0.2, 0.25) is 0 Å². The summed E-state index contributed by atoms with van der Waals surface area (Å²) in [6, 6.07) is 0. The number of ether oxygens (including phenoxy) is 1. The second-order valence-electron chi connectivity index (χ2n) is 2.60. The van der Waals surface area contributed by atoms with Crippen molar-refractivity contribution in [1.29, 1.82) is 0 Å². The summed E-state index contributed by atoms with van der Waals surface area (Å²) in [5, 5.41) is 23.7. The van der Waals surface area contributed by atoms with Crippen molar-refractivity contribution >= 4 is 0 Å². The van der Waals surface area contributed by atoms with Crippen LogP contribution in [0.5, 0.6) is 0 Å². The maximum Gasteiger partial charge on any atom is 0.157 e. The topological polar surface area (TPSA) is 95.7 Å². The largest absolute Gasteiger partial charge is 0.368 e. The second kappa shape index (κ2) is 5.73. The van der Waals surface area contributed by atoms with Crippen LogP contribution in [0, 0.1) is 21.2 Å². The van der Waals surface area contributed by atoms with Crippen molar-refractivity contribution in [2.45, 2.75) is 26.1 Å². The fraction of sp³-hybridized carbons (Fsp3) is 1.00. The van der Waals surface area contributed by atoms with Crippen LogP contribution in [-0.2, 0) is 4.74 Å². The molecule has 0 spiro atoms. The molecule has 0 aromatic rings. The zero-order chi connectivity index (χ0) is 9.56. The first-order valence-electron chi connectivity index (χ1n) is 3.65. The lowest BCUT2D eigenvalue weighted by Crippen LogP contribution is -2.26. The van der Waals surface area contributed by atoms with Crippen LogP contribution >= 0.6 is 0 Å². The van der Waals surface area contributed by atoms with E-state index in [4.69, 9.17) is 25.2 Å². The van der Waals surface area contributed by atoms with Gasteiger partial charge in [-0.2, -0.15) is 0 Å². The molecule has 0 aromatic heterocycles. The van der Waals surface area contributed by atoms with Gasteiger partial charge >= 0.3 is 0 Å². The Hall–Kier alpha value is -0.880. The Kier molecular flexibility index (Phi) is 5.31. The summed E-state index contributed by atoms with van der Waals surface area (Å²) in [6.45, 7) is 2.73. The molecule has 0 amide bonds. The van der Waals surface area contributed by atoms with E-state index in [9.17, 15) is 0 Å². The summed E-state index contributed by atoms with van der Waals surface area (Å²) in [4.78, 5) is 8.25. The Balaban J connectivity index is 0.000000261. The van der Waals surface area contributed by atoms with Crippen molar-refractivity contribution in [2.75, 3.05) is 6.61 Å². The number of aliphatic hydroxyl groups is 1. The van der Waals surface area contributed by atoms with Crippen LogP contribution < -0.4 is 0 Å². The summed E-state index contributed by atoms with van der Waals surface area (Å²) in [7, 11) is 0. The molecule has 1 fully saturated rings. The first-order chi connectivity index (χ1) is 5.54. The quantitative estimate of drug-likeness (QED) is 0.430. The number of hydrogen-bond donors (Lipinski definition) is 1. The van der Waals surface area contributed by atoms with Gasteiger partial charge in [0.2, 0.25) is 0 Å². The summed E-state index contributed by atoms with van der Waals surface area (Å²) in [5.74, 6) is 0.337. The molecule has 1 N–H and O–H groups in total. The smallest absolute Gasteiger partial charge is 0.157 e. The van der Waals surface area contributed by atoms with Gasteiger partial charge in [-0.15, -0.1) is 0 Å². The van der Waals surface area contributed by atoms with E-state index < -0.39 is 11.4 Å². The standard InChI is InChI=1S/C6H12O2.NO3/c1-5-3-2-4-8-6(5)7;2-1(3)4/h5-7H,2-4H2,1H3;/q;-1. The molecule has 12 heavy (non-hydrogen) atoms. The number of hydrogen-bond acceptors (Lipinski definition) is 5. The van der Waals surface area contributed by atoms with E-state index in [1.807, 2.05) is 6.92 Å². The Morgan fingerprint density at radius 2 is 2.08 bits per heavy atom. The third kappa shape index (κ3) is 5.87. The van der Waals surface area contributed by atoms with Gasteiger partial charge in [-0.05, 0) is 12.8 Å². The molecule has 0 aromatic carbocycles. The first kappa shape index (κ1) is 11.1. The molecule has 0 saturated carbocycles. The van der Waals surface area contributed by atoms with E-state index in [1.54, 1.807) is 0 Å². The highest BCUT2D eigenvalue weighted by atomic mass is 16.9. The van der Waals surface area contributed by atoms with Gasteiger partial charge in [0.15, 0.2) is 6.29 Å². The average Bonchev–Trinajstić information content (AvgIpc) is 1.94. The molecule has 0 bridgehead atoms. The Labute approximate surface area is 69.9 Å². The molecule has 1 saturated heterocycles. The molecular weight excluding hydrogens is 166 g/mol. The molecular formula is C6H12NO5-. The lowest BCUT2D eigenvalue weighted by Gasteiger charge is -2.23. The monoisotopic (exact) mass is 178 g/mol. The molecule has 0 aliphatic carbocycles. The molecule has 2 unspecified atom stereocenters. The summed E-state index contributed by atoms with van der Waals surface area (Å²) in [5.41, 5.74) is 0. The van der Waals surface area contributed by atoms with E-state index in [-0.39, 0.29) is 0 Å². The van der Waals surface area contributed by atoms with Gasteiger partial charge < -0.3 is 25.2 Å². The van der Waals surface area contributed by atoms with E-state index in [1.165, 1.54) is 0 Å². The lowest BCUT2D eigenvalue weighted by molar-refractivity contribution is -0.402. The van der Waals surface area contributed by atoms with Crippen molar-refractivity contribution < 1.29 is 14.9 Å². The highest BCUT2D eigenvalue weighted by Gasteiger charge is 2.18. The maximum atomic E-state index is 8.96. The number of nitrogens with zero attached hydrogens (tertiary/aromatic N) is 1. The van der Waals surface area contributed by atoms with Crippen LogP contribution in [0.4, 0.5) is 0 Å². The van der Waals surface area contributed by atoms with E-state index in [2.05, 4.69) is 0 Å². The summed E-state index contributed by atoms with van der Waals surface area (Å²) in [6.07, 6.45) is 1.70. The number of aliphatic hydroxyl groups excluding tert-OH is 1. The third-order valence-corrected chi connectivity index (χ3v) is 1.58. The Bertz CT molecular complexity index is 126. The molecule has 2 atom stereocenters. The fourth-order valence-corrected chi connectivity index (χ4v) is 0.916. The number of rotatable bonds is 0. The molecule has 1 aliphatic rings. The highest BCUT2D eigenvalue weighted by Crippen LogP contribution is 2.17. The molecule has 0 radical (unpaired) electrons. The molecule has 1 heterocycles. The predicted molar refractivity (Wildman–Crippen MR) is 40.7 cm³/mol. The van der Waals surface area contributed by atoms with Crippen LogP contribution in [0.25, 0.3) is 0 Å². The van der Waals surface area contributed by atoms with Crippen molar-refractivity contribution in [3.8, 4) is 0 Å². The van der Waals surface area contributed by atoms with Crippen molar-refractivity contribution in [1.82, 2.24) is 0 Å². The predicted octanol–water partition coefficient (Wildman–Crippen LogP) is 0.512. The molecule has 6 nitrogen and oxygen atoms in total. The van der Waals surface area contributed by atoms with Crippen LogP contribution in [0.3, 0.4) is 0 Å². The first-order valence-corrected chi connectivity index (χ1v) is 3.65. The maximum absolute atomic E-state index is 8.96. The zero-order valence-corrected chi connectivity index (χ0v) is 6.80. The van der Waals surface area contributed by atoms with E-state index in [0.29, 0.717) is 5.92 Å². The van der Waals surface area contributed by atoms with Crippen molar-refractivity contribution in [3.05, 3.63) is 15.3 Å². The van der Waals surface area contributed by atoms with E-state index >= 15 is 0 Å². The SMILES string of the molecule is CC1CCCOC1O.O=[N+]([O-])[O-]. The fourth-order valence-electron chi connectivity index (χ4n) is 0.916. The van der Waals surface area contributed by atoms with Crippen LogP contribution in [-0.4, -0.2) is 23.1 Å². The minimum atomic E-state index is -1.75. The normalized spacial score (nSPS) is 28.5. The minimum Gasteiger partial charge on any atom is -0.368 e. The molecule has 72 valence electrons. The Morgan fingerprint density at radius 3 is 2.33 bits per heavy atom. The second-order valence-corrected chi connectivity index (χ2v) is 2.60. The van der Waals surface area contributed by atoms with E-state index in [0.717, 1.165) is 19.4 Å². The van der Waals surface area contributed by atoms with Gasteiger partial charge in [0.05, 0.1) is 5.09 Å². The van der Waals surface area contributed by atoms with Crippen LogP contribution in [0.1, 0.15) is 19.8 Å². The summed E-state index contributed by atoms with van der Waals surface area (Å²) >= 11 is 0. The van der Waals surface area contributed by atoms with Gasteiger partial charge in [-0.1, -0.05) is 6.92 Å². The minimum absolute atomic E-state index is 0.337. The molecule has 1 aliphatic heterocycles. The van der Waals surface area contributed by atoms with Crippen LogP contribution in [0.15, 0.2) is 0 Å². The van der Waals surface area contributed by atoms with Gasteiger partial charge in [0.1, 0.15) is 0 Å². The third-order valence-electron chi connectivity index (χ3n) is 1.58. The van der Waals surface area contributed by atoms with Gasteiger partial charge in [0, 0.05) is 12.5 Å².